The lowest BCUT2D eigenvalue weighted by molar-refractivity contribution is 0.122. The summed E-state index contributed by atoms with van der Waals surface area (Å²) in [4.78, 5) is 10.3. The second-order valence-corrected chi connectivity index (χ2v) is 6.14. The van der Waals surface area contributed by atoms with Crippen LogP contribution in [0.1, 0.15) is 5.82 Å². The highest BCUT2D eigenvalue weighted by Gasteiger charge is 2.14. The Morgan fingerprint density at radius 3 is 2.76 bits per heavy atom. The Balaban J connectivity index is 2.16. The van der Waals surface area contributed by atoms with Gasteiger partial charge in [-0.2, -0.15) is 0 Å². The van der Waals surface area contributed by atoms with Crippen LogP contribution >= 0.6 is 0 Å². The number of rotatable bonds is 3. The molecule has 0 radical (unpaired) electrons. The number of hydrogen-bond donors (Lipinski definition) is 0. The second kappa shape index (κ2) is 4.97. The van der Waals surface area contributed by atoms with Gasteiger partial charge in [-0.05, 0) is 6.07 Å². The molecule has 1 saturated heterocycles. The third kappa shape index (κ3) is 3.64. The highest BCUT2D eigenvalue weighted by Crippen LogP contribution is 2.12. The summed E-state index contributed by atoms with van der Waals surface area (Å²) in [5.74, 6) is 0.990. The third-order valence-corrected chi connectivity index (χ3v) is 3.20. The van der Waals surface area contributed by atoms with Crippen LogP contribution in [0.3, 0.4) is 0 Å². The number of nitrogens with zero attached hydrogens (tertiary/aromatic N) is 3. The van der Waals surface area contributed by atoms with Gasteiger partial charge < -0.3 is 9.64 Å². The average molecular weight is 257 g/mol. The summed E-state index contributed by atoms with van der Waals surface area (Å²) in [6.07, 6.45) is 2.77. The molecular formula is C10H15N3O3S. The molecule has 1 aliphatic heterocycles. The summed E-state index contributed by atoms with van der Waals surface area (Å²) in [5, 5.41) is 0. The van der Waals surface area contributed by atoms with Crippen molar-refractivity contribution < 1.29 is 13.2 Å². The molecule has 6 nitrogen and oxygen atoms in total. The van der Waals surface area contributed by atoms with E-state index in [9.17, 15) is 8.42 Å². The van der Waals surface area contributed by atoms with Gasteiger partial charge in [-0.25, -0.2) is 18.4 Å². The Morgan fingerprint density at radius 1 is 1.41 bits per heavy atom. The lowest BCUT2D eigenvalue weighted by atomic mass is 10.4. The molecule has 0 saturated carbocycles. The third-order valence-electron chi connectivity index (χ3n) is 2.42. The molecule has 94 valence electrons. The fourth-order valence-corrected chi connectivity index (χ4v) is 2.27. The van der Waals surface area contributed by atoms with Gasteiger partial charge in [0.2, 0.25) is 0 Å². The van der Waals surface area contributed by atoms with Gasteiger partial charge in [-0.1, -0.05) is 0 Å². The first-order valence-electron chi connectivity index (χ1n) is 5.37. The lowest BCUT2D eigenvalue weighted by Crippen LogP contribution is -2.36. The van der Waals surface area contributed by atoms with E-state index in [1.807, 2.05) is 0 Å². The van der Waals surface area contributed by atoms with Gasteiger partial charge in [0.15, 0.2) is 9.84 Å². The van der Waals surface area contributed by atoms with Crippen LogP contribution in [0.2, 0.25) is 0 Å². The molecule has 1 aromatic rings. The van der Waals surface area contributed by atoms with E-state index >= 15 is 0 Å². The van der Waals surface area contributed by atoms with Crippen LogP contribution in [0, 0.1) is 0 Å². The van der Waals surface area contributed by atoms with Gasteiger partial charge in [-0.3, -0.25) is 0 Å². The van der Waals surface area contributed by atoms with Gasteiger partial charge >= 0.3 is 0 Å². The van der Waals surface area contributed by atoms with Crippen LogP contribution in [-0.2, 0) is 20.3 Å². The fourth-order valence-electron chi connectivity index (χ4n) is 1.66. The predicted molar refractivity (Wildman–Crippen MR) is 63.6 cm³/mol. The molecule has 2 heterocycles. The van der Waals surface area contributed by atoms with E-state index in [0.717, 1.165) is 18.9 Å². The molecule has 0 aliphatic carbocycles. The van der Waals surface area contributed by atoms with E-state index in [2.05, 4.69) is 14.9 Å². The van der Waals surface area contributed by atoms with Gasteiger partial charge in [0, 0.05) is 25.5 Å². The number of ether oxygens (including phenoxy) is 1. The molecule has 0 bridgehead atoms. The SMILES string of the molecule is CS(=O)(=O)Cc1nccc(N2CCOCC2)n1. The van der Waals surface area contributed by atoms with Crippen molar-refractivity contribution in [3.8, 4) is 0 Å². The molecule has 17 heavy (non-hydrogen) atoms. The number of aromatic nitrogens is 2. The molecule has 1 fully saturated rings. The lowest BCUT2D eigenvalue weighted by Gasteiger charge is -2.27. The summed E-state index contributed by atoms with van der Waals surface area (Å²) < 4.78 is 27.6. The molecule has 7 heteroatoms. The van der Waals surface area contributed by atoms with E-state index in [-0.39, 0.29) is 5.75 Å². The minimum Gasteiger partial charge on any atom is -0.378 e. The Hall–Kier alpha value is -1.21. The zero-order valence-corrected chi connectivity index (χ0v) is 10.5. The molecule has 0 unspecified atom stereocenters. The van der Waals surface area contributed by atoms with Gasteiger partial charge in [-0.15, -0.1) is 0 Å². The first-order valence-corrected chi connectivity index (χ1v) is 7.43. The normalized spacial score (nSPS) is 17.1. The minimum absolute atomic E-state index is 0.120. The number of anilines is 1. The Bertz CT molecular complexity index is 483. The van der Waals surface area contributed by atoms with Crippen LogP contribution in [0.15, 0.2) is 12.3 Å². The molecule has 0 atom stereocenters. The van der Waals surface area contributed by atoms with Gasteiger partial charge in [0.25, 0.3) is 0 Å². The van der Waals surface area contributed by atoms with E-state index < -0.39 is 9.84 Å². The molecular weight excluding hydrogens is 242 g/mol. The monoisotopic (exact) mass is 257 g/mol. The van der Waals surface area contributed by atoms with Crippen molar-refractivity contribution in [2.45, 2.75) is 5.75 Å². The van der Waals surface area contributed by atoms with Crippen LogP contribution in [-0.4, -0.2) is 50.9 Å². The summed E-state index contributed by atoms with van der Waals surface area (Å²) in [7, 11) is -3.09. The first-order chi connectivity index (χ1) is 8.04. The van der Waals surface area contributed by atoms with Crippen molar-refractivity contribution in [1.29, 1.82) is 0 Å². The molecule has 1 aliphatic rings. The Labute approximate surface area is 101 Å². The van der Waals surface area contributed by atoms with Crippen LogP contribution in [0.25, 0.3) is 0 Å². The van der Waals surface area contributed by atoms with E-state index in [1.54, 1.807) is 12.3 Å². The van der Waals surface area contributed by atoms with Crippen molar-refractivity contribution in [3.05, 3.63) is 18.1 Å². The predicted octanol–water partition coefficient (Wildman–Crippen LogP) is -0.142. The molecule has 0 N–H and O–H groups in total. The van der Waals surface area contributed by atoms with E-state index in [1.165, 1.54) is 6.26 Å². The highest BCUT2D eigenvalue weighted by molar-refractivity contribution is 7.89. The standard InChI is InChI=1S/C10H15N3O3S/c1-17(14,15)8-9-11-3-2-10(12-9)13-4-6-16-7-5-13/h2-3H,4-8H2,1H3. The van der Waals surface area contributed by atoms with E-state index in [0.29, 0.717) is 19.0 Å². The van der Waals surface area contributed by atoms with Crippen LogP contribution in [0.5, 0.6) is 0 Å². The summed E-state index contributed by atoms with van der Waals surface area (Å²) in [5.41, 5.74) is 0. The van der Waals surface area contributed by atoms with Crippen molar-refractivity contribution >= 4 is 15.7 Å². The maximum atomic E-state index is 11.2. The van der Waals surface area contributed by atoms with Gasteiger partial charge in [0.05, 0.1) is 13.2 Å². The zero-order valence-electron chi connectivity index (χ0n) is 9.66. The Kier molecular flexibility index (Phi) is 3.58. The van der Waals surface area contributed by atoms with Crippen molar-refractivity contribution in [2.24, 2.45) is 0 Å². The maximum Gasteiger partial charge on any atom is 0.154 e. The molecule has 1 aromatic heterocycles. The number of sulfone groups is 1. The van der Waals surface area contributed by atoms with Crippen LogP contribution < -0.4 is 4.90 Å². The molecule has 0 spiro atoms. The minimum atomic E-state index is -3.09. The zero-order chi connectivity index (χ0) is 12.3. The van der Waals surface area contributed by atoms with E-state index in [4.69, 9.17) is 4.74 Å². The highest BCUT2D eigenvalue weighted by atomic mass is 32.2. The maximum absolute atomic E-state index is 11.2. The fraction of sp³-hybridized carbons (Fsp3) is 0.600. The van der Waals surface area contributed by atoms with Crippen LogP contribution in [0.4, 0.5) is 5.82 Å². The second-order valence-electron chi connectivity index (χ2n) is 4.00. The van der Waals surface area contributed by atoms with Crippen molar-refractivity contribution in [2.75, 3.05) is 37.5 Å². The van der Waals surface area contributed by atoms with Crippen molar-refractivity contribution in [1.82, 2.24) is 9.97 Å². The largest absolute Gasteiger partial charge is 0.378 e. The first kappa shape index (κ1) is 12.3. The van der Waals surface area contributed by atoms with Crippen molar-refractivity contribution in [3.63, 3.8) is 0 Å². The quantitative estimate of drug-likeness (QED) is 0.750. The molecule has 0 aromatic carbocycles. The molecule has 2 rings (SSSR count). The smallest absolute Gasteiger partial charge is 0.154 e. The average Bonchev–Trinajstić information content (AvgIpc) is 2.28. The number of morpholine rings is 1. The summed E-state index contributed by atoms with van der Waals surface area (Å²) >= 11 is 0. The summed E-state index contributed by atoms with van der Waals surface area (Å²) in [6, 6.07) is 1.79. The number of hydrogen-bond acceptors (Lipinski definition) is 6. The summed E-state index contributed by atoms with van der Waals surface area (Å²) in [6.45, 7) is 2.89. The van der Waals surface area contributed by atoms with Gasteiger partial charge in [0.1, 0.15) is 17.4 Å². The Morgan fingerprint density at radius 2 is 2.12 bits per heavy atom. The molecule has 0 amide bonds. The topological polar surface area (TPSA) is 72.4 Å².